The van der Waals surface area contributed by atoms with Crippen LogP contribution in [0.1, 0.15) is 31.9 Å². The van der Waals surface area contributed by atoms with Crippen LogP contribution in [-0.4, -0.2) is 28.7 Å². The number of carbonyl (C=O) groups excluding carboxylic acids is 1. The predicted octanol–water partition coefficient (Wildman–Crippen LogP) is 4.99. The monoisotopic (exact) mass is 450 g/mol. The van der Waals surface area contributed by atoms with Crippen LogP contribution < -0.4 is 15.8 Å². The van der Waals surface area contributed by atoms with Crippen molar-refractivity contribution >= 4 is 34.4 Å². The third-order valence-electron chi connectivity index (χ3n) is 4.53. The first-order chi connectivity index (χ1) is 14.7. The molecular weight excluding hydrogens is 430 g/mol. The van der Waals surface area contributed by atoms with Gasteiger partial charge in [0.15, 0.2) is 5.82 Å². The highest BCUT2D eigenvalue weighted by Gasteiger charge is 2.17. The van der Waals surface area contributed by atoms with E-state index in [0.717, 1.165) is 6.20 Å². The number of benzene rings is 1. The first-order valence-corrected chi connectivity index (χ1v) is 9.88. The van der Waals surface area contributed by atoms with Gasteiger partial charge in [-0.25, -0.2) is 18.6 Å². The van der Waals surface area contributed by atoms with Crippen LogP contribution in [0.2, 0.25) is 5.15 Å². The van der Waals surface area contributed by atoms with Gasteiger partial charge in [0.25, 0.3) is 0 Å². The SMILES string of the molecule is C[C@H](CCOc1ccc(F)cc1[C@@H](C)OC(N)=O)Nc1c(F)cnc2ccc(Cl)nc12. The van der Waals surface area contributed by atoms with Crippen molar-refractivity contribution in [3.05, 3.63) is 58.9 Å². The van der Waals surface area contributed by atoms with Crippen LogP contribution in [0, 0.1) is 11.6 Å². The molecule has 2 heterocycles. The van der Waals surface area contributed by atoms with Gasteiger partial charge in [-0.3, -0.25) is 4.98 Å². The van der Waals surface area contributed by atoms with E-state index in [9.17, 15) is 13.6 Å². The molecule has 0 unspecified atom stereocenters. The fourth-order valence-electron chi connectivity index (χ4n) is 3.03. The van der Waals surface area contributed by atoms with Crippen molar-refractivity contribution in [1.29, 1.82) is 0 Å². The topological polar surface area (TPSA) is 99.4 Å². The van der Waals surface area contributed by atoms with E-state index in [2.05, 4.69) is 15.3 Å². The molecule has 7 nitrogen and oxygen atoms in total. The fourth-order valence-corrected chi connectivity index (χ4v) is 3.18. The highest BCUT2D eigenvalue weighted by Crippen LogP contribution is 2.29. The van der Waals surface area contributed by atoms with Crippen LogP contribution in [0.15, 0.2) is 36.5 Å². The molecular formula is C21H21ClF2N4O3. The second-order valence-corrected chi connectivity index (χ2v) is 7.31. The standard InChI is InChI=1S/C21H21ClF2N4O3/c1-11(27-19-15(24)10-26-16-4-6-18(22)28-20(16)19)7-8-30-17-5-3-13(23)9-14(17)12(2)31-21(25)29/h3-6,9-12H,7-8H2,1-2H3,(H2,25,29)(H,26,27)/t11-,12-/m1/s1. The van der Waals surface area contributed by atoms with E-state index in [0.29, 0.717) is 28.8 Å². The number of nitrogens with zero attached hydrogens (tertiary/aromatic N) is 2. The van der Waals surface area contributed by atoms with Crippen molar-refractivity contribution < 1.29 is 23.0 Å². The Balaban J connectivity index is 1.67. The molecule has 0 radical (unpaired) electrons. The minimum absolute atomic E-state index is 0.200. The Kier molecular flexibility index (Phi) is 7.06. The van der Waals surface area contributed by atoms with Gasteiger partial charge in [-0.15, -0.1) is 0 Å². The maximum atomic E-state index is 14.4. The Morgan fingerprint density at radius 3 is 2.77 bits per heavy atom. The van der Waals surface area contributed by atoms with E-state index in [1.165, 1.54) is 18.2 Å². The Hall–Kier alpha value is -3.20. The van der Waals surface area contributed by atoms with Gasteiger partial charge < -0.3 is 20.5 Å². The molecule has 1 aromatic carbocycles. The van der Waals surface area contributed by atoms with Crippen LogP contribution in [0.25, 0.3) is 11.0 Å². The van der Waals surface area contributed by atoms with Crippen molar-refractivity contribution in [2.75, 3.05) is 11.9 Å². The Morgan fingerprint density at radius 2 is 2.03 bits per heavy atom. The smallest absolute Gasteiger partial charge is 0.405 e. The Labute approximate surface area is 182 Å². The summed E-state index contributed by atoms with van der Waals surface area (Å²) in [7, 11) is 0. The third-order valence-corrected chi connectivity index (χ3v) is 4.74. The lowest BCUT2D eigenvalue weighted by molar-refractivity contribution is 0.114. The molecule has 0 aliphatic heterocycles. The third kappa shape index (κ3) is 5.69. The number of ether oxygens (including phenoxy) is 2. The van der Waals surface area contributed by atoms with E-state index >= 15 is 0 Å². The molecule has 0 fully saturated rings. The summed E-state index contributed by atoms with van der Waals surface area (Å²) in [4.78, 5) is 19.2. The zero-order chi connectivity index (χ0) is 22.5. The van der Waals surface area contributed by atoms with Crippen molar-refractivity contribution in [3.63, 3.8) is 0 Å². The molecule has 2 aromatic heterocycles. The Morgan fingerprint density at radius 1 is 1.26 bits per heavy atom. The number of fused-ring (bicyclic) bond motifs is 1. The molecule has 0 aliphatic rings. The van der Waals surface area contributed by atoms with Gasteiger partial charge in [0.05, 0.1) is 18.3 Å². The summed E-state index contributed by atoms with van der Waals surface area (Å²) in [5.74, 6) is -0.687. The zero-order valence-electron chi connectivity index (χ0n) is 16.9. The number of primary amides is 1. The van der Waals surface area contributed by atoms with Gasteiger partial charge in [0.1, 0.15) is 34.0 Å². The summed E-state index contributed by atoms with van der Waals surface area (Å²) in [6.07, 6.45) is -0.159. The molecule has 3 N–H and O–H groups in total. The van der Waals surface area contributed by atoms with E-state index < -0.39 is 23.8 Å². The van der Waals surface area contributed by atoms with Gasteiger partial charge >= 0.3 is 6.09 Å². The van der Waals surface area contributed by atoms with E-state index in [-0.39, 0.29) is 23.5 Å². The molecule has 0 aliphatic carbocycles. The largest absolute Gasteiger partial charge is 0.493 e. The van der Waals surface area contributed by atoms with Crippen LogP contribution in [0.3, 0.4) is 0 Å². The molecule has 10 heteroatoms. The first-order valence-electron chi connectivity index (χ1n) is 9.50. The number of anilines is 1. The number of aromatic nitrogens is 2. The molecule has 3 aromatic rings. The average molecular weight is 451 g/mol. The number of hydrogen-bond donors (Lipinski definition) is 2. The molecule has 0 spiro atoms. The summed E-state index contributed by atoms with van der Waals surface area (Å²) in [6, 6.07) is 6.95. The van der Waals surface area contributed by atoms with Gasteiger partial charge in [0, 0.05) is 18.0 Å². The molecule has 3 rings (SSSR count). The lowest BCUT2D eigenvalue weighted by atomic mass is 10.1. The van der Waals surface area contributed by atoms with Crippen LogP contribution in [-0.2, 0) is 4.74 Å². The van der Waals surface area contributed by atoms with Gasteiger partial charge in [0.2, 0.25) is 0 Å². The van der Waals surface area contributed by atoms with E-state index in [1.807, 2.05) is 6.92 Å². The number of nitrogens with one attached hydrogen (secondary N) is 1. The summed E-state index contributed by atoms with van der Waals surface area (Å²) >= 11 is 5.94. The number of hydrogen-bond acceptors (Lipinski definition) is 6. The molecule has 0 bridgehead atoms. The zero-order valence-corrected chi connectivity index (χ0v) is 17.6. The maximum Gasteiger partial charge on any atom is 0.405 e. The summed E-state index contributed by atoms with van der Waals surface area (Å²) in [6.45, 7) is 3.64. The highest BCUT2D eigenvalue weighted by molar-refractivity contribution is 6.29. The maximum absolute atomic E-state index is 14.4. The first kappa shape index (κ1) is 22.5. The van der Waals surface area contributed by atoms with Crippen LogP contribution >= 0.6 is 11.6 Å². The number of halogens is 3. The van der Waals surface area contributed by atoms with E-state index in [1.54, 1.807) is 19.1 Å². The number of amides is 1. The van der Waals surface area contributed by atoms with Crippen molar-refractivity contribution in [2.24, 2.45) is 5.73 Å². The van der Waals surface area contributed by atoms with Gasteiger partial charge in [-0.05, 0) is 44.2 Å². The van der Waals surface area contributed by atoms with Gasteiger partial charge in [-0.1, -0.05) is 11.6 Å². The molecule has 164 valence electrons. The lowest BCUT2D eigenvalue weighted by Gasteiger charge is -2.19. The quantitative estimate of drug-likeness (QED) is 0.469. The fraction of sp³-hybridized carbons (Fsp3) is 0.286. The number of nitrogens with two attached hydrogens (primary N) is 1. The molecule has 0 saturated carbocycles. The molecule has 0 saturated heterocycles. The predicted molar refractivity (Wildman–Crippen MR) is 113 cm³/mol. The van der Waals surface area contributed by atoms with E-state index in [4.69, 9.17) is 26.8 Å². The molecule has 2 atom stereocenters. The molecule has 1 amide bonds. The number of rotatable bonds is 8. The van der Waals surface area contributed by atoms with Gasteiger partial charge in [-0.2, -0.15) is 0 Å². The van der Waals surface area contributed by atoms with Crippen LogP contribution in [0.5, 0.6) is 5.75 Å². The van der Waals surface area contributed by atoms with Crippen LogP contribution in [0.4, 0.5) is 19.3 Å². The van der Waals surface area contributed by atoms with Crippen molar-refractivity contribution in [1.82, 2.24) is 9.97 Å². The molecule has 31 heavy (non-hydrogen) atoms. The second-order valence-electron chi connectivity index (χ2n) is 6.93. The normalized spacial score (nSPS) is 12.9. The Bertz CT molecular complexity index is 1090. The minimum Gasteiger partial charge on any atom is -0.493 e. The van der Waals surface area contributed by atoms with Crippen molar-refractivity contribution in [3.8, 4) is 5.75 Å². The minimum atomic E-state index is -0.971. The summed E-state index contributed by atoms with van der Waals surface area (Å²) in [5.41, 5.74) is 6.43. The summed E-state index contributed by atoms with van der Waals surface area (Å²) in [5, 5.41) is 3.31. The number of pyridine rings is 2. The highest BCUT2D eigenvalue weighted by atomic mass is 35.5. The lowest BCUT2D eigenvalue weighted by Crippen LogP contribution is -2.20. The average Bonchev–Trinajstić information content (AvgIpc) is 2.70. The second kappa shape index (κ2) is 9.74. The summed E-state index contributed by atoms with van der Waals surface area (Å²) < 4.78 is 38.7. The number of carbonyl (C=O) groups is 1. The van der Waals surface area contributed by atoms with Crippen molar-refractivity contribution in [2.45, 2.75) is 32.4 Å².